The van der Waals surface area contributed by atoms with Gasteiger partial charge < -0.3 is 20.1 Å². The van der Waals surface area contributed by atoms with Crippen LogP contribution in [0.3, 0.4) is 0 Å². The standard InChI is InChI=1S/C17H21N3O3S/c1-11-19-14(10-24-11)9-23-15-4-3-12(7-16(15)22-2)17(21)20-6-5-13(18)8-20/h3-4,7,10,13H,5-6,8-9,18H2,1-2H3/t13-/m1/s1. The number of hydrogen-bond donors (Lipinski definition) is 1. The Morgan fingerprint density at radius 1 is 1.46 bits per heavy atom. The molecule has 1 fully saturated rings. The van der Waals surface area contributed by atoms with Gasteiger partial charge in [-0.1, -0.05) is 0 Å². The van der Waals surface area contributed by atoms with Gasteiger partial charge in [-0.2, -0.15) is 0 Å². The molecule has 1 amide bonds. The van der Waals surface area contributed by atoms with E-state index in [1.807, 2.05) is 12.3 Å². The molecule has 7 heteroatoms. The summed E-state index contributed by atoms with van der Waals surface area (Å²) in [7, 11) is 1.56. The van der Waals surface area contributed by atoms with Crippen molar-refractivity contribution < 1.29 is 14.3 Å². The minimum Gasteiger partial charge on any atom is -0.493 e. The summed E-state index contributed by atoms with van der Waals surface area (Å²) < 4.78 is 11.2. The maximum atomic E-state index is 12.5. The van der Waals surface area contributed by atoms with Crippen LogP contribution in [0.25, 0.3) is 0 Å². The highest BCUT2D eigenvalue weighted by atomic mass is 32.1. The van der Waals surface area contributed by atoms with Gasteiger partial charge in [0.2, 0.25) is 0 Å². The molecule has 2 heterocycles. The smallest absolute Gasteiger partial charge is 0.254 e. The number of nitrogens with two attached hydrogens (primary N) is 1. The number of nitrogens with zero attached hydrogens (tertiary/aromatic N) is 2. The first kappa shape index (κ1) is 16.7. The van der Waals surface area contributed by atoms with Gasteiger partial charge >= 0.3 is 0 Å². The number of likely N-dealkylation sites (tertiary alicyclic amines) is 1. The van der Waals surface area contributed by atoms with Crippen LogP contribution in [0.1, 0.15) is 27.5 Å². The lowest BCUT2D eigenvalue weighted by Gasteiger charge is -2.17. The van der Waals surface area contributed by atoms with Crippen LogP contribution in [0.2, 0.25) is 0 Å². The van der Waals surface area contributed by atoms with Crippen molar-refractivity contribution in [2.75, 3.05) is 20.2 Å². The van der Waals surface area contributed by atoms with Gasteiger partial charge in [-0.25, -0.2) is 4.98 Å². The molecule has 1 aliphatic rings. The number of methoxy groups -OCH3 is 1. The molecular formula is C17H21N3O3S. The van der Waals surface area contributed by atoms with E-state index in [1.165, 1.54) is 0 Å². The predicted molar refractivity (Wildman–Crippen MR) is 92.7 cm³/mol. The van der Waals surface area contributed by atoms with Crippen molar-refractivity contribution in [1.29, 1.82) is 0 Å². The van der Waals surface area contributed by atoms with E-state index >= 15 is 0 Å². The van der Waals surface area contributed by atoms with Crippen molar-refractivity contribution in [3.05, 3.63) is 39.8 Å². The van der Waals surface area contributed by atoms with Crippen LogP contribution in [0.15, 0.2) is 23.6 Å². The van der Waals surface area contributed by atoms with Gasteiger partial charge in [0, 0.05) is 30.1 Å². The van der Waals surface area contributed by atoms with E-state index in [9.17, 15) is 4.79 Å². The Kier molecular flexibility index (Phi) is 5.01. The lowest BCUT2D eigenvalue weighted by molar-refractivity contribution is 0.0790. The van der Waals surface area contributed by atoms with Crippen LogP contribution in [-0.4, -0.2) is 42.0 Å². The number of ether oxygens (including phenoxy) is 2. The van der Waals surface area contributed by atoms with Crippen LogP contribution < -0.4 is 15.2 Å². The molecule has 0 aliphatic carbocycles. The number of amides is 1. The minimum atomic E-state index is -0.0251. The first-order valence-corrected chi connectivity index (χ1v) is 8.71. The van der Waals surface area contributed by atoms with E-state index in [4.69, 9.17) is 15.2 Å². The molecule has 0 radical (unpaired) electrons. The molecule has 1 aromatic carbocycles. The summed E-state index contributed by atoms with van der Waals surface area (Å²) in [5, 5.41) is 2.97. The van der Waals surface area contributed by atoms with E-state index < -0.39 is 0 Å². The second-order valence-corrected chi connectivity index (χ2v) is 6.87. The van der Waals surface area contributed by atoms with E-state index in [-0.39, 0.29) is 11.9 Å². The third-order valence-electron chi connectivity index (χ3n) is 3.96. The molecule has 128 valence electrons. The third-order valence-corrected chi connectivity index (χ3v) is 4.79. The van der Waals surface area contributed by atoms with Gasteiger partial charge in [0.1, 0.15) is 6.61 Å². The molecule has 24 heavy (non-hydrogen) atoms. The maximum absolute atomic E-state index is 12.5. The molecule has 1 aromatic heterocycles. The van der Waals surface area contributed by atoms with Crippen LogP contribution in [0, 0.1) is 6.92 Å². The Labute approximate surface area is 145 Å². The summed E-state index contributed by atoms with van der Waals surface area (Å²) in [6.45, 7) is 3.63. The zero-order valence-corrected chi connectivity index (χ0v) is 14.6. The lowest BCUT2D eigenvalue weighted by Crippen LogP contribution is -2.31. The fourth-order valence-electron chi connectivity index (χ4n) is 2.70. The molecule has 3 rings (SSSR count). The van der Waals surface area contributed by atoms with E-state index in [0.29, 0.717) is 36.8 Å². The molecule has 0 spiro atoms. The van der Waals surface area contributed by atoms with Gasteiger partial charge in [-0.05, 0) is 31.5 Å². The molecule has 0 unspecified atom stereocenters. The summed E-state index contributed by atoms with van der Waals surface area (Å²) >= 11 is 1.59. The average molecular weight is 347 g/mol. The maximum Gasteiger partial charge on any atom is 0.254 e. The molecule has 1 saturated heterocycles. The molecule has 1 atom stereocenters. The number of benzene rings is 1. The third kappa shape index (κ3) is 3.68. The van der Waals surface area contributed by atoms with Crippen molar-refractivity contribution in [2.45, 2.75) is 26.0 Å². The summed E-state index contributed by atoms with van der Waals surface area (Å²) in [4.78, 5) is 18.7. The summed E-state index contributed by atoms with van der Waals surface area (Å²) in [5.74, 6) is 1.11. The Hall–Kier alpha value is -2.12. The number of carbonyl (C=O) groups excluding carboxylic acids is 1. The predicted octanol–water partition coefficient (Wildman–Crippen LogP) is 2.21. The second-order valence-electron chi connectivity index (χ2n) is 5.81. The molecule has 2 aromatic rings. The van der Waals surface area contributed by atoms with Gasteiger partial charge in [0.25, 0.3) is 5.91 Å². The second kappa shape index (κ2) is 7.19. The molecule has 2 N–H and O–H groups in total. The molecular weight excluding hydrogens is 326 g/mol. The topological polar surface area (TPSA) is 77.7 Å². The average Bonchev–Trinajstić information content (AvgIpc) is 3.20. The quantitative estimate of drug-likeness (QED) is 0.897. The number of rotatable bonds is 5. The lowest BCUT2D eigenvalue weighted by atomic mass is 10.1. The Morgan fingerprint density at radius 2 is 2.29 bits per heavy atom. The summed E-state index contributed by atoms with van der Waals surface area (Å²) in [6.07, 6.45) is 0.844. The van der Waals surface area contributed by atoms with Gasteiger partial charge in [-0.3, -0.25) is 4.79 Å². The molecule has 0 bridgehead atoms. The highest BCUT2D eigenvalue weighted by Crippen LogP contribution is 2.29. The van der Waals surface area contributed by atoms with Crippen LogP contribution >= 0.6 is 11.3 Å². The SMILES string of the molecule is COc1cc(C(=O)N2CC[C@@H](N)C2)ccc1OCc1csc(C)n1. The molecule has 0 saturated carbocycles. The summed E-state index contributed by atoms with van der Waals surface area (Å²) in [6, 6.07) is 5.31. The fraction of sp³-hybridized carbons (Fsp3) is 0.412. The zero-order chi connectivity index (χ0) is 17.1. The number of aryl methyl sites for hydroxylation is 1. The number of thiazole rings is 1. The largest absolute Gasteiger partial charge is 0.493 e. The zero-order valence-electron chi connectivity index (χ0n) is 13.8. The Balaban J connectivity index is 1.71. The van der Waals surface area contributed by atoms with Crippen LogP contribution in [-0.2, 0) is 6.61 Å². The van der Waals surface area contributed by atoms with Gasteiger partial charge in [-0.15, -0.1) is 11.3 Å². The van der Waals surface area contributed by atoms with E-state index in [0.717, 1.165) is 17.1 Å². The fourth-order valence-corrected chi connectivity index (χ4v) is 3.30. The Bertz CT molecular complexity index is 732. The number of aromatic nitrogens is 1. The highest BCUT2D eigenvalue weighted by Gasteiger charge is 2.25. The Morgan fingerprint density at radius 3 is 2.92 bits per heavy atom. The normalized spacial score (nSPS) is 17.1. The summed E-state index contributed by atoms with van der Waals surface area (Å²) in [5.41, 5.74) is 7.34. The van der Waals surface area contributed by atoms with Crippen molar-refractivity contribution in [3.8, 4) is 11.5 Å². The first-order valence-electron chi connectivity index (χ1n) is 7.83. The van der Waals surface area contributed by atoms with Crippen molar-refractivity contribution in [1.82, 2.24) is 9.88 Å². The van der Waals surface area contributed by atoms with Crippen LogP contribution in [0.4, 0.5) is 0 Å². The first-order chi connectivity index (χ1) is 11.6. The van der Waals surface area contributed by atoms with E-state index in [1.54, 1.807) is 41.5 Å². The molecule has 6 nitrogen and oxygen atoms in total. The van der Waals surface area contributed by atoms with Crippen molar-refractivity contribution in [2.24, 2.45) is 5.73 Å². The van der Waals surface area contributed by atoms with Crippen molar-refractivity contribution >= 4 is 17.2 Å². The van der Waals surface area contributed by atoms with Gasteiger partial charge in [0.05, 0.1) is 17.8 Å². The van der Waals surface area contributed by atoms with Crippen molar-refractivity contribution in [3.63, 3.8) is 0 Å². The number of carbonyl (C=O) groups is 1. The molecule has 1 aliphatic heterocycles. The minimum absolute atomic E-state index is 0.0251. The monoisotopic (exact) mass is 347 g/mol. The highest BCUT2D eigenvalue weighted by molar-refractivity contribution is 7.09. The van der Waals surface area contributed by atoms with E-state index in [2.05, 4.69) is 4.98 Å². The van der Waals surface area contributed by atoms with Gasteiger partial charge in [0.15, 0.2) is 11.5 Å². The number of hydrogen-bond acceptors (Lipinski definition) is 6. The van der Waals surface area contributed by atoms with Crippen LogP contribution in [0.5, 0.6) is 11.5 Å².